The molecule has 0 saturated heterocycles. The molecule has 7 heteroatoms. The summed E-state index contributed by atoms with van der Waals surface area (Å²) in [4.78, 5) is 36.5. The van der Waals surface area contributed by atoms with E-state index >= 15 is 0 Å². The van der Waals surface area contributed by atoms with Crippen molar-refractivity contribution in [3.63, 3.8) is 0 Å². The lowest BCUT2D eigenvalue weighted by Gasteiger charge is -2.07. The highest BCUT2D eigenvalue weighted by Gasteiger charge is 2.14. The van der Waals surface area contributed by atoms with Crippen molar-refractivity contribution in [2.45, 2.75) is 20.3 Å². The van der Waals surface area contributed by atoms with Crippen LogP contribution in [0.5, 0.6) is 0 Å². The Labute approximate surface area is 149 Å². The summed E-state index contributed by atoms with van der Waals surface area (Å²) in [6.07, 6.45) is 0.563. The van der Waals surface area contributed by atoms with Crippen molar-refractivity contribution in [3.8, 4) is 0 Å². The molecule has 1 heterocycles. The van der Waals surface area contributed by atoms with Gasteiger partial charge < -0.3 is 10.6 Å². The molecule has 126 valence electrons. The molecule has 0 unspecified atom stereocenters. The third-order valence-corrected chi connectivity index (χ3v) is 4.95. The predicted molar refractivity (Wildman–Crippen MR) is 95.9 cm³/mol. The zero-order valence-electron chi connectivity index (χ0n) is 13.3. The van der Waals surface area contributed by atoms with Gasteiger partial charge in [0.2, 0.25) is 0 Å². The van der Waals surface area contributed by atoms with Crippen molar-refractivity contribution in [2.75, 3.05) is 11.9 Å². The molecule has 2 amide bonds. The van der Waals surface area contributed by atoms with Crippen LogP contribution in [-0.2, 0) is 16.0 Å². The summed E-state index contributed by atoms with van der Waals surface area (Å²) in [7, 11) is 0. The van der Waals surface area contributed by atoms with E-state index in [2.05, 4.69) is 10.6 Å². The highest BCUT2D eigenvalue weighted by molar-refractivity contribution is 7.14. The molecule has 24 heavy (non-hydrogen) atoms. The molecular weight excluding hydrogens is 348 g/mol. The summed E-state index contributed by atoms with van der Waals surface area (Å²) in [5.74, 6) is -1.44. The summed E-state index contributed by atoms with van der Waals surface area (Å²) < 4.78 is 0. The van der Waals surface area contributed by atoms with Gasteiger partial charge in [-0.25, -0.2) is 0 Å². The number of carbonyl (C=O) groups excluding carboxylic acids is 3. The number of amides is 2. The van der Waals surface area contributed by atoms with Crippen LogP contribution < -0.4 is 10.6 Å². The van der Waals surface area contributed by atoms with E-state index in [1.54, 1.807) is 24.3 Å². The molecule has 0 aliphatic rings. The first-order valence-electron chi connectivity index (χ1n) is 7.32. The second kappa shape index (κ2) is 8.08. The number of hydrogen-bond donors (Lipinski definition) is 2. The fourth-order valence-corrected chi connectivity index (χ4v) is 3.02. The molecule has 0 radical (unpaired) electrons. The van der Waals surface area contributed by atoms with Crippen molar-refractivity contribution < 1.29 is 14.4 Å². The van der Waals surface area contributed by atoms with Gasteiger partial charge >= 0.3 is 11.8 Å². The zero-order valence-corrected chi connectivity index (χ0v) is 14.9. The van der Waals surface area contributed by atoms with Crippen LogP contribution in [0.4, 0.5) is 5.69 Å². The van der Waals surface area contributed by atoms with E-state index < -0.39 is 11.8 Å². The predicted octanol–water partition coefficient (Wildman–Crippen LogP) is 3.21. The van der Waals surface area contributed by atoms with Gasteiger partial charge in [-0.3, -0.25) is 14.4 Å². The second-order valence-electron chi connectivity index (χ2n) is 5.25. The van der Waals surface area contributed by atoms with Gasteiger partial charge in [0.15, 0.2) is 5.78 Å². The van der Waals surface area contributed by atoms with Crippen LogP contribution in [0.25, 0.3) is 0 Å². The smallest absolute Gasteiger partial charge is 0.313 e. The molecule has 0 aliphatic heterocycles. The molecule has 0 atom stereocenters. The number of carbonyl (C=O) groups is 3. The maximum atomic E-state index is 11.8. The van der Waals surface area contributed by atoms with Crippen molar-refractivity contribution >= 4 is 46.2 Å². The average Bonchev–Trinajstić information content (AvgIpc) is 3.00. The van der Waals surface area contributed by atoms with Crippen molar-refractivity contribution in [3.05, 3.63) is 50.7 Å². The van der Waals surface area contributed by atoms with E-state index in [1.165, 1.54) is 18.3 Å². The van der Waals surface area contributed by atoms with Crippen molar-refractivity contribution in [1.82, 2.24) is 5.32 Å². The minimum absolute atomic E-state index is 0.0198. The molecule has 2 N–H and O–H groups in total. The summed E-state index contributed by atoms with van der Waals surface area (Å²) in [6, 6.07) is 8.65. The number of benzene rings is 1. The summed E-state index contributed by atoms with van der Waals surface area (Å²) in [5, 5.41) is 5.57. The number of halogens is 1. The van der Waals surface area contributed by atoms with E-state index in [9.17, 15) is 14.4 Å². The Hall–Kier alpha value is -2.18. The third-order valence-electron chi connectivity index (χ3n) is 3.30. The van der Waals surface area contributed by atoms with Crippen molar-refractivity contribution in [1.29, 1.82) is 0 Å². The van der Waals surface area contributed by atoms with Crippen LogP contribution in [-0.4, -0.2) is 24.1 Å². The Kier molecular flexibility index (Phi) is 6.11. The monoisotopic (exact) mass is 364 g/mol. The lowest BCUT2D eigenvalue weighted by Crippen LogP contribution is -2.36. The number of aryl methyl sites for hydroxylation is 1. The molecule has 0 saturated carbocycles. The highest BCUT2D eigenvalue weighted by atomic mass is 35.5. The van der Waals surface area contributed by atoms with E-state index in [4.69, 9.17) is 11.6 Å². The molecule has 2 aromatic rings. The van der Waals surface area contributed by atoms with Crippen LogP contribution in [0.1, 0.15) is 27.0 Å². The Morgan fingerprint density at radius 1 is 1.12 bits per heavy atom. The number of hydrogen-bond acceptors (Lipinski definition) is 4. The first-order valence-corrected chi connectivity index (χ1v) is 8.51. The Bertz CT molecular complexity index is 786. The number of thiophene rings is 1. The number of anilines is 1. The molecule has 0 bridgehead atoms. The number of nitrogens with one attached hydrogen (secondary N) is 2. The maximum absolute atomic E-state index is 11.8. The Morgan fingerprint density at radius 3 is 2.50 bits per heavy atom. The minimum atomic E-state index is -0.745. The maximum Gasteiger partial charge on any atom is 0.313 e. The number of rotatable bonds is 5. The average molecular weight is 365 g/mol. The highest BCUT2D eigenvalue weighted by Crippen LogP contribution is 2.20. The normalized spacial score (nSPS) is 10.3. The van der Waals surface area contributed by atoms with Crippen LogP contribution in [0.3, 0.4) is 0 Å². The molecule has 1 aromatic carbocycles. The van der Waals surface area contributed by atoms with Crippen molar-refractivity contribution in [2.24, 2.45) is 0 Å². The summed E-state index contributed by atoms with van der Waals surface area (Å²) in [6.45, 7) is 3.68. The largest absolute Gasteiger partial charge is 0.347 e. The van der Waals surface area contributed by atoms with E-state index in [0.29, 0.717) is 28.6 Å². The second-order valence-corrected chi connectivity index (χ2v) is 6.82. The van der Waals surface area contributed by atoms with Crippen LogP contribution >= 0.6 is 22.9 Å². The quantitative estimate of drug-likeness (QED) is 0.632. The molecular formula is C17H17ClN2O3S. The lowest BCUT2D eigenvalue weighted by molar-refractivity contribution is -0.136. The van der Waals surface area contributed by atoms with Gasteiger partial charge in [0.05, 0.1) is 4.88 Å². The summed E-state index contributed by atoms with van der Waals surface area (Å²) in [5.41, 5.74) is 1.36. The van der Waals surface area contributed by atoms with E-state index in [1.807, 2.05) is 13.0 Å². The van der Waals surface area contributed by atoms with Crippen LogP contribution in [0.2, 0.25) is 5.02 Å². The first-order chi connectivity index (χ1) is 11.4. The fraction of sp³-hybridized carbons (Fsp3) is 0.235. The molecule has 5 nitrogen and oxygen atoms in total. The van der Waals surface area contributed by atoms with Crippen LogP contribution in [0, 0.1) is 6.92 Å². The molecule has 1 aromatic heterocycles. The molecule has 2 rings (SSSR count). The molecule has 0 fully saturated rings. The van der Waals surface area contributed by atoms with Crippen LogP contribution in [0.15, 0.2) is 30.3 Å². The van der Waals surface area contributed by atoms with Gasteiger partial charge in [-0.05, 0) is 50.1 Å². The number of ketones is 1. The third kappa shape index (κ3) is 4.91. The van der Waals surface area contributed by atoms with Gasteiger partial charge in [-0.2, -0.15) is 0 Å². The van der Waals surface area contributed by atoms with Gasteiger partial charge in [0.25, 0.3) is 0 Å². The SMILES string of the molecule is CC(=O)c1ccc(CCNC(=O)C(=O)Nc2ccc(C)c(Cl)c2)s1. The topological polar surface area (TPSA) is 75.3 Å². The zero-order chi connectivity index (χ0) is 17.7. The van der Waals surface area contributed by atoms with Gasteiger partial charge in [0.1, 0.15) is 0 Å². The Balaban J connectivity index is 1.81. The fourth-order valence-electron chi connectivity index (χ4n) is 1.94. The van der Waals surface area contributed by atoms with Gasteiger partial charge in [-0.1, -0.05) is 17.7 Å². The first kappa shape index (κ1) is 18.2. The van der Waals surface area contributed by atoms with Gasteiger partial charge in [-0.15, -0.1) is 11.3 Å². The lowest BCUT2D eigenvalue weighted by atomic mass is 10.2. The standard InChI is InChI=1S/C17H17ClN2O3S/c1-10-3-4-12(9-14(10)18)20-17(23)16(22)19-8-7-13-5-6-15(24-13)11(2)21/h3-6,9H,7-8H2,1-2H3,(H,19,22)(H,20,23). The van der Waals surface area contributed by atoms with E-state index in [-0.39, 0.29) is 5.78 Å². The molecule has 0 aliphatic carbocycles. The van der Waals surface area contributed by atoms with Gasteiger partial charge in [0, 0.05) is 22.1 Å². The minimum Gasteiger partial charge on any atom is -0.347 e. The van der Waals surface area contributed by atoms with E-state index in [0.717, 1.165) is 10.4 Å². The number of Topliss-reactive ketones (excluding diaryl/α,β-unsaturated/α-hetero) is 1. The Morgan fingerprint density at radius 2 is 1.88 bits per heavy atom. The molecule has 0 spiro atoms. The summed E-state index contributed by atoms with van der Waals surface area (Å²) >= 11 is 7.37.